The minimum absolute atomic E-state index is 0.263. The average Bonchev–Trinajstić information content (AvgIpc) is 2.52. The molecule has 1 N–H and O–H groups in total. The van der Waals surface area contributed by atoms with Crippen LogP contribution in [-0.2, 0) is 9.53 Å². The molecule has 1 atom stereocenters. The Morgan fingerprint density at radius 2 is 2.00 bits per heavy atom. The summed E-state index contributed by atoms with van der Waals surface area (Å²) in [5.41, 5.74) is 1.25. The summed E-state index contributed by atoms with van der Waals surface area (Å²) in [6.07, 6.45) is 2.04. The van der Waals surface area contributed by atoms with E-state index in [0.717, 1.165) is 10.9 Å². The zero-order valence-corrected chi connectivity index (χ0v) is 13.0. The number of ether oxygens (including phenoxy) is 1. The van der Waals surface area contributed by atoms with Gasteiger partial charge >= 0.3 is 5.97 Å². The molecule has 5 nitrogen and oxygen atoms in total. The van der Waals surface area contributed by atoms with E-state index >= 15 is 0 Å². The van der Waals surface area contributed by atoms with Gasteiger partial charge in [0.1, 0.15) is 6.04 Å². The number of carbonyl (C=O) groups is 2. The van der Waals surface area contributed by atoms with Crippen molar-refractivity contribution in [2.24, 2.45) is 5.92 Å². The van der Waals surface area contributed by atoms with Crippen molar-refractivity contribution in [2.45, 2.75) is 26.3 Å². The second kappa shape index (κ2) is 7.02. The molecule has 0 saturated heterocycles. The van der Waals surface area contributed by atoms with Crippen molar-refractivity contribution in [1.82, 2.24) is 10.3 Å². The summed E-state index contributed by atoms with van der Waals surface area (Å²) in [6, 6.07) is 8.68. The molecule has 2 rings (SSSR count). The lowest BCUT2D eigenvalue weighted by atomic mass is 10.0. The van der Waals surface area contributed by atoms with E-state index < -0.39 is 12.0 Å². The van der Waals surface area contributed by atoms with Crippen LogP contribution in [0.5, 0.6) is 0 Å². The van der Waals surface area contributed by atoms with E-state index in [4.69, 9.17) is 4.74 Å². The summed E-state index contributed by atoms with van der Waals surface area (Å²) < 4.78 is 4.75. The van der Waals surface area contributed by atoms with Crippen LogP contribution >= 0.6 is 0 Å². The van der Waals surface area contributed by atoms with E-state index in [-0.39, 0.29) is 11.8 Å². The molecule has 2 aromatic rings. The molecule has 1 aromatic carbocycles. The van der Waals surface area contributed by atoms with Gasteiger partial charge in [-0.1, -0.05) is 32.0 Å². The molecule has 1 amide bonds. The molecule has 1 heterocycles. The van der Waals surface area contributed by atoms with Crippen molar-refractivity contribution in [2.75, 3.05) is 7.11 Å². The number of pyridine rings is 1. The van der Waals surface area contributed by atoms with Crippen molar-refractivity contribution in [3.63, 3.8) is 0 Å². The monoisotopic (exact) mass is 300 g/mol. The fraction of sp³-hybridized carbons (Fsp3) is 0.353. The first kappa shape index (κ1) is 15.9. The van der Waals surface area contributed by atoms with Gasteiger partial charge in [-0.05, 0) is 24.5 Å². The summed E-state index contributed by atoms with van der Waals surface area (Å²) in [5.74, 6) is -0.496. The van der Waals surface area contributed by atoms with Crippen molar-refractivity contribution >= 4 is 22.8 Å². The molecule has 0 unspecified atom stereocenters. The van der Waals surface area contributed by atoms with Crippen LogP contribution < -0.4 is 5.32 Å². The molecule has 0 spiro atoms. The topological polar surface area (TPSA) is 68.3 Å². The molecule has 5 heteroatoms. The van der Waals surface area contributed by atoms with E-state index in [1.165, 1.54) is 13.3 Å². The molecule has 0 bridgehead atoms. The Labute approximate surface area is 129 Å². The molecule has 0 fully saturated rings. The Kier molecular flexibility index (Phi) is 5.09. The van der Waals surface area contributed by atoms with Gasteiger partial charge in [0, 0.05) is 11.6 Å². The van der Waals surface area contributed by atoms with Crippen LogP contribution in [0, 0.1) is 5.92 Å². The Hall–Kier alpha value is -2.43. The molecule has 22 heavy (non-hydrogen) atoms. The first-order valence-corrected chi connectivity index (χ1v) is 7.24. The largest absolute Gasteiger partial charge is 0.467 e. The summed E-state index contributed by atoms with van der Waals surface area (Å²) >= 11 is 0. The Morgan fingerprint density at radius 1 is 1.27 bits per heavy atom. The van der Waals surface area contributed by atoms with Crippen LogP contribution in [0.3, 0.4) is 0 Å². The van der Waals surface area contributed by atoms with Gasteiger partial charge in [0.15, 0.2) is 0 Å². The maximum Gasteiger partial charge on any atom is 0.328 e. The zero-order chi connectivity index (χ0) is 16.1. The summed E-state index contributed by atoms with van der Waals surface area (Å²) in [5, 5.41) is 3.61. The van der Waals surface area contributed by atoms with Gasteiger partial charge in [0.05, 0.1) is 18.2 Å². The Balaban J connectivity index is 2.19. The molecule has 0 saturated carbocycles. The van der Waals surface area contributed by atoms with E-state index in [2.05, 4.69) is 10.3 Å². The highest BCUT2D eigenvalue weighted by Crippen LogP contribution is 2.13. The highest BCUT2D eigenvalue weighted by atomic mass is 16.5. The fourth-order valence-electron chi connectivity index (χ4n) is 2.26. The van der Waals surface area contributed by atoms with E-state index in [1.807, 2.05) is 38.1 Å². The van der Waals surface area contributed by atoms with Crippen LogP contribution in [0.25, 0.3) is 10.9 Å². The first-order chi connectivity index (χ1) is 10.5. The second-order valence-corrected chi connectivity index (χ2v) is 5.60. The van der Waals surface area contributed by atoms with Crippen LogP contribution in [0.15, 0.2) is 36.5 Å². The number of hydrogen-bond donors (Lipinski definition) is 1. The van der Waals surface area contributed by atoms with Crippen molar-refractivity contribution < 1.29 is 14.3 Å². The van der Waals surface area contributed by atoms with Gasteiger partial charge in [-0.3, -0.25) is 9.78 Å². The molecule has 0 aliphatic rings. The number of methoxy groups -OCH3 is 1. The van der Waals surface area contributed by atoms with E-state index in [1.54, 1.807) is 6.07 Å². The van der Waals surface area contributed by atoms with Gasteiger partial charge in [-0.2, -0.15) is 0 Å². The molecular formula is C17H20N2O3. The summed E-state index contributed by atoms with van der Waals surface area (Å²) in [6.45, 7) is 3.97. The third-order valence-corrected chi connectivity index (χ3v) is 3.35. The lowest BCUT2D eigenvalue weighted by Gasteiger charge is -2.18. The zero-order valence-electron chi connectivity index (χ0n) is 13.0. The third-order valence-electron chi connectivity index (χ3n) is 3.35. The number of carbonyl (C=O) groups excluding carboxylic acids is 2. The van der Waals surface area contributed by atoms with E-state index in [9.17, 15) is 9.59 Å². The van der Waals surface area contributed by atoms with Crippen LogP contribution in [-0.4, -0.2) is 30.0 Å². The number of aromatic nitrogens is 1. The first-order valence-electron chi connectivity index (χ1n) is 7.24. The quantitative estimate of drug-likeness (QED) is 0.862. The highest BCUT2D eigenvalue weighted by Gasteiger charge is 2.23. The number of nitrogens with one attached hydrogen (secondary N) is 1. The molecule has 0 aliphatic carbocycles. The lowest BCUT2D eigenvalue weighted by Crippen LogP contribution is -2.42. The van der Waals surface area contributed by atoms with Crippen LogP contribution in [0.2, 0.25) is 0 Å². The van der Waals surface area contributed by atoms with Gasteiger partial charge in [-0.25, -0.2) is 4.79 Å². The molecule has 116 valence electrons. The second-order valence-electron chi connectivity index (χ2n) is 5.60. The van der Waals surface area contributed by atoms with E-state index in [0.29, 0.717) is 12.0 Å². The SMILES string of the molecule is COC(=O)[C@H](CC(C)C)NC(=O)c1cnc2ccccc2c1. The highest BCUT2D eigenvalue weighted by molar-refractivity contribution is 5.99. The maximum atomic E-state index is 12.3. The van der Waals surface area contributed by atoms with Crippen LogP contribution in [0.1, 0.15) is 30.6 Å². The molecule has 0 radical (unpaired) electrons. The standard InChI is InChI=1S/C17H20N2O3/c1-11(2)8-15(17(21)22-3)19-16(20)13-9-12-6-4-5-7-14(12)18-10-13/h4-7,9-11,15H,8H2,1-3H3,(H,19,20)/t15-/m0/s1. The van der Waals surface area contributed by atoms with Crippen LogP contribution in [0.4, 0.5) is 0 Å². The summed E-state index contributed by atoms with van der Waals surface area (Å²) in [7, 11) is 1.32. The predicted molar refractivity (Wildman–Crippen MR) is 84.5 cm³/mol. The molecule has 1 aromatic heterocycles. The number of para-hydroxylation sites is 1. The number of amides is 1. The van der Waals surface area contributed by atoms with Crippen molar-refractivity contribution in [3.05, 3.63) is 42.1 Å². The predicted octanol–water partition coefficient (Wildman–Crippen LogP) is 2.55. The van der Waals surface area contributed by atoms with Crippen molar-refractivity contribution in [3.8, 4) is 0 Å². The van der Waals surface area contributed by atoms with Gasteiger partial charge < -0.3 is 10.1 Å². The molecular weight excluding hydrogens is 280 g/mol. The molecule has 0 aliphatic heterocycles. The average molecular weight is 300 g/mol. The minimum atomic E-state index is -0.649. The lowest BCUT2D eigenvalue weighted by molar-refractivity contribution is -0.143. The Bertz CT molecular complexity index is 682. The van der Waals surface area contributed by atoms with Crippen molar-refractivity contribution in [1.29, 1.82) is 0 Å². The van der Waals surface area contributed by atoms with Gasteiger partial charge in [0.2, 0.25) is 0 Å². The van der Waals surface area contributed by atoms with Gasteiger partial charge in [0.25, 0.3) is 5.91 Å². The Morgan fingerprint density at radius 3 is 2.68 bits per heavy atom. The number of benzene rings is 1. The normalized spacial score (nSPS) is 12.2. The minimum Gasteiger partial charge on any atom is -0.467 e. The smallest absolute Gasteiger partial charge is 0.328 e. The fourth-order valence-corrected chi connectivity index (χ4v) is 2.26. The number of esters is 1. The number of nitrogens with zero attached hydrogens (tertiary/aromatic N) is 1. The number of hydrogen-bond acceptors (Lipinski definition) is 4. The number of fused-ring (bicyclic) bond motifs is 1. The summed E-state index contributed by atoms with van der Waals surface area (Å²) in [4.78, 5) is 28.4. The third kappa shape index (κ3) is 3.81. The van der Waals surface area contributed by atoms with Gasteiger partial charge in [-0.15, -0.1) is 0 Å². The maximum absolute atomic E-state index is 12.3. The number of rotatable bonds is 5.